The van der Waals surface area contributed by atoms with E-state index in [0.717, 1.165) is 5.56 Å². The van der Waals surface area contributed by atoms with Gasteiger partial charge in [-0.1, -0.05) is 30.3 Å². The van der Waals surface area contributed by atoms with E-state index in [1.54, 1.807) is 0 Å². The van der Waals surface area contributed by atoms with Crippen LogP contribution in [-0.4, -0.2) is 24.4 Å². The van der Waals surface area contributed by atoms with Gasteiger partial charge in [-0.15, -0.1) is 0 Å². The number of carbonyl (C=O) groups is 1. The van der Waals surface area contributed by atoms with Crippen LogP contribution >= 0.6 is 12.6 Å². The molecule has 1 atom stereocenters. The van der Waals surface area contributed by atoms with Crippen LogP contribution in [-0.2, 0) is 16.0 Å². The topological polar surface area (TPSA) is 52.3 Å². The van der Waals surface area contributed by atoms with E-state index in [4.69, 9.17) is 10.5 Å². The fourth-order valence-electron chi connectivity index (χ4n) is 1.10. The minimum absolute atomic E-state index is 0.310. The van der Waals surface area contributed by atoms with E-state index in [9.17, 15) is 4.79 Å². The molecule has 0 unspecified atom stereocenters. The molecule has 0 aromatic heterocycles. The smallest absolute Gasteiger partial charge is 0.323 e. The molecule has 0 aliphatic heterocycles. The SMILES string of the molecule is N[C@@H](CS)C(=O)OCCc1ccccc1. The number of esters is 1. The number of hydrogen-bond donors (Lipinski definition) is 2. The van der Waals surface area contributed by atoms with Crippen molar-refractivity contribution in [1.29, 1.82) is 0 Å². The van der Waals surface area contributed by atoms with E-state index in [0.29, 0.717) is 18.8 Å². The number of hydrogen-bond acceptors (Lipinski definition) is 4. The van der Waals surface area contributed by atoms with Crippen molar-refractivity contribution >= 4 is 18.6 Å². The van der Waals surface area contributed by atoms with E-state index in [-0.39, 0.29) is 5.97 Å². The summed E-state index contributed by atoms with van der Waals surface area (Å²) in [6.07, 6.45) is 0.714. The van der Waals surface area contributed by atoms with Crippen LogP contribution in [0.25, 0.3) is 0 Å². The molecule has 82 valence electrons. The lowest BCUT2D eigenvalue weighted by atomic mass is 10.2. The van der Waals surface area contributed by atoms with Gasteiger partial charge in [0.05, 0.1) is 6.61 Å². The van der Waals surface area contributed by atoms with Crippen molar-refractivity contribution in [1.82, 2.24) is 0 Å². The quantitative estimate of drug-likeness (QED) is 0.581. The monoisotopic (exact) mass is 225 g/mol. The highest BCUT2D eigenvalue weighted by Gasteiger charge is 2.12. The molecule has 0 spiro atoms. The molecule has 0 aliphatic carbocycles. The number of rotatable bonds is 5. The zero-order chi connectivity index (χ0) is 11.1. The van der Waals surface area contributed by atoms with Gasteiger partial charge in [-0.2, -0.15) is 12.6 Å². The van der Waals surface area contributed by atoms with Crippen molar-refractivity contribution in [2.24, 2.45) is 5.73 Å². The Hall–Kier alpha value is -1.00. The maximum absolute atomic E-state index is 11.2. The summed E-state index contributed by atoms with van der Waals surface area (Å²) in [6.45, 7) is 0.365. The van der Waals surface area contributed by atoms with Crippen molar-refractivity contribution in [2.75, 3.05) is 12.4 Å². The molecular formula is C11H15NO2S. The summed E-state index contributed by atoms with van der Waals surface area (Å²) in [7, 11) is 0. The zero-order valence-electron chi connectivity index (χ0n) is 8.43. The van der Waals surface area contributed by atoms with Crippen LogP contribution in [0.15, 0.2) is 30.3 Å². The summed E-state index contributed by atoms with van der Waals surface area (Å²) in [4.78, 5) is 11.2. The minimum atomic E-state index is -0.621. The van der Waals surface area contributed by atoms with Gasteiger partial charge in [0.1, 0.15) is 6.04 Å². The van der Waals surface area contributed by atoms with E-state index < -0.39 is 6.04 Å². The first-order valence-corrected chi connectivity index (χ1v) is 5.44. The first kappa shape index (κ1) is 12.1. The number of benzene rings is 1. The highest BCUT2D eigenvalue weighted by Crippen LogP contribution is 2.00. The Morgan fingerprint density at radius 2 is 2.07 bits per heavy atom. The average Bonchev–Trinajstić information content (AvgIpc) is 2.29. The van der Waals surface area contributed by atoms with Crippen molar-refractivity contribution in [3.05, 3.63) is 35.9 Å². The van der Waals surface area contributed by atoms with Crippen LogP contribution in [0.3, 0.4) is 0 Å². The molecule has 2 N–H and O–H groups in total. The van der Waals surface area contributed by atoms with Crippen molar-refractivity contribution in [3.8, 4) is 0 Å². The van der Waals surface area contributed by atoms with Crippen molar-refractivity contribution in [3.63, 3.8) is 0 Å². The normalized spacial score (nSPS) is 12.1. The highest BCUT2D eigenvalue weighted by molar-refractivity contribution is 7.80. The van der Waals surface area contributed by atoms with Gasteiger partial charge in [0.2, 0.25) is 0 Å². The van der Waals surface area contributed by atoms with Crippen LogP contribution in [0.1, 0.15) is 5.56 Å². The van der Waals surface area contributed by atoms with Crippen LogP contribution in [0.5, 0.6) is 0 Å². The second kappa shape index (κ2) is 6.48. The average molecular weight is 225 g/mol. The molecule has 1 aromatic rings. The Labute approximate surface area is 95.0 Å². The third-order valence-corrected chi connectivity index (χ3v) is 2.37. The highest BCUT2D eigenvalue weighted by atomic mass is 32.1. The van der Waals surface area contributed by atoms with E-state index in [1.165, 1.54) is 0 Å². The fourth-order valence-corrected chi connectivity index (χ4v) is 1.24. The van der Waals surface area contributed by atoms with Crippen LogP contribution in [0, 0.1) is 0 Å². The molecule has 0 amide bonds. The third kappa shape index (κ3) is 4.36. The largest absolute Gasteiger partial charge is 0.464 e. The molecule has 0 saturated carbocycles. The molecule has 15 heavy (non-hydrogen) atoms. The third-order valence-electron chi connectivity index (χ3n) is 1.98. The Morgan fingerprint density at radius 3 is 2.67 bits per heavy atom. The molecular weight excluding hydrogens is 210 g/mol. The summed E-state index contributed by atoms with van der Waals surface area (Å²) in [6, 6.07) is 9.22. The van der Waals surface area contributed by atoms with Gasteiger partial charge in [-0.3, -0.25) is 4.79 Å². The maximum atomic E-state index is 11.2. The first-order chi connectivity index (χ1) is 7.24. The molecule has 0 aliphatic rings. The Bertz CT molecular complexity index is 303. The number of ether oxygens (including phenoxy) is 1. The summed E-state index contributed by atoms with van der Waals surface area (Å²) in [5.41, 5.74) is 6.59. The second-order valence-electron chi connectivity index (χ2n) is 3.19. The lowest BCUT2D eigenvalue weighted by molar-refractivity contribution is -0.144. The Morgan fingerprint density at radius 1 is 1.40 bits per heavy atom. The molecule has 1 aromatic carbocycles. The molecule has 0 saturated heterocycles. The van der Waals surface area contributed by atoms with Crippen molar-refractivity contribution < 1.29 is 9.53 Å². The lowest BCUT2D eigenvalue weighted by Gasteiger charge is -2.08. The predicted molar refractivity (Wildman–Crippen MR) is 62.9 cm³/mol. The number of nitrogens with two attached hydrogens (primary N) is 1. The van der Waals surface area contributed by atoms with Crippen LogP contribution in [0.2, 0.25) is 0 Å². The number of thiol groups is 1. The van der Waals surface area contributed by atoms with Gasteiger partial charge in [-0.25, -0.2) is 0 Å². The molecule has 0 bridgehead atoms. The van der Waals surface area contributed by atoms with E-state index in [2.05, 4.69) is 12.6 Å². The lowest BCUT2D eigenvalue weighted by Crippen LogP contribution is -2.34. The molecule has 1 rings (SSSR count). The summed E-state index contributed by atoms with van der Waals surface area (Å²) < 4.78 is 4.99. The summed E-state index contributed by atoms with van der Waals surface area (Å²) in [5, 5.41) is 0. The molecule has 4 heteroatoms. The van der Waals surface area contributed by atoms with Gasteiger partial charge in [0, 0.05) is 12.2 Å². The standard InChI is InChI=1S/C11H15NO2S/c12-10(8-15)11(13)14-7-6-9-4-2-1-3-5-9/h1-5,10,15H,6-8,12H2/t10-/m0/s1. The van der Waals surface area contributed by atoms with Crippen LogP contribution < -0.4 is 5.73 Å². The van der Waals surface area contributed by atoms with E-state index in [1.807, 2.05) is 30.3 Å². The van der Waals surface area contributed by atoms with Gasteiger partial charge in [-0.05, 0) is 5.56 Å². The zero-order valence-corrected chi connectivity index (χ0v) is 9.32. The molecule has 0 fully saturated rings. The maximum Gasteiger partial charge on any atom is 0.323 e. The molecule has 0 heterocycles. The summed E-state index contributed by atoms with van der Waals surface area (Å²) >= 11 is 3.92. The Kier molecular flexibility index (Phi) is 5.21. The van der Waals surface area contributed by atoms with Gasteiger partial charge in [0.25, 0.3) is 0 Å². The predicted octanol–water partition coefficient (Wildman–Crippen LogP) is 1.03. The minimum Gasteiger partial charge on any atom is -0.464 e. The number of carbonyl (C=O) groups excluding carboxylic acids is 1. The van der Waals surface area contributed by atoms with Gasteiger partial charge >= 0.3 is 5.97 Å². The first-order valence-electron chi connectivity index (χ1n) is 4.81. The van der Waals surface area contributed by atoms with Gasteiger partial charge < -0.3 is 10.5 Å². The molecule has 3 nitrogen and oxygen atoms in total. The molecule has 0 radical (unpaired) electrons. The fraction of sp³-hybridized carbons (Fsp3) is 0.364. The van der Waals surface area contributed by atoms with Crippen LogP contribution in [0.4, 0.5) is 0 Å². The summed E-state index contributed by atoms with van der Waals surface area (Å²) in [5.74, 6) is -0.0783. The van der Waals surface area contributed by atoms with E-state index >= 15 is 0 Å². The van der Waals surface area contributed by atoms with Gasteiger partial charge in [0.15, 0.2) is 0 Å². The van der Waals surface area contributed by atoms with Crippen molar-refractivity contribution in [2.45, 2.75) is 12.5 Å². The Balaban J connectivity index is 2.25. The second-order valence-corrected chi connectivity index (χ2v) is 3.56.